The van der Waals surface area contributed by atoms with E-state index in [0.717, 1.165) is 30.8 Å². The summed E-state index contributed by atoms with van der Waals surface area (Å²) < 4.78 is 0. The second-order valence-electron chi connectivity index (χ2n) is 3.53. The lowest BCUT2D eigenvalue weighted by molar-refractivity contribution is 0.307. The number of hydrogen-bond donors (Lipinski definition) is 0. The van der Waals surface area contributed by atoms with Crippen molar-refractivity contribution in [1.82, 2.24) is 9.88 Å². The van der Waals surface area contributed by atoms with Crippen molar-refractivity contribution in [3.05, 3.63) is 28.0 Å². The first kappa shape index (κ1) is 9.45. The third-order valence-electron chi connectivity index (χ3n) is 2.45. The Labute approximate surface area is 87.9 Å². The van der Waals surface area contributed by atoms with E-state index >= 15 is 0 Å². The Morgan fingerprint density at radius 1 is 1.64 bits per heavy atom. The number of nitrogens with zero attached hydrogens (tertiary/aromatic N) is 3. The zero-order valence-electron chi connectivity index (χ0n) is 7.92. The molecule has 1 aliphatic rings. The summed E-state index contributed by atoms with van der Waals surface area (Å²) in [7, 11) is 2.05. The fourth-order valence-corrected chi connectivity index (χ4v) is 1.84. The number of aromatic nitrogens is 1. The highest BCUT2D eigenvalue weighted by molar-refractivity contribution is 6.30. The van der Waals surface area contributed by atoms with Crippen LogP contribution < -0.4 is 0 Å². The van der Waals surface area contributed by atoms with Crippen molar-refractivity contribution < 1.29 is 0 Å². The Hall–Kier alpha value is -1.11. The van der Waals surface area contributed by atoms with E-state index < -0.39 is 0 Å². The summed E-state index contributed by atoms with van der Waals surface area (Å²) in [5.41, 5.74) is 2.64. The van der Waals surface area contributed by atoms with Gasteiger partial charge in [0.15, 0.2) is 0 Å². The zero-order valence-corrected chi connectivity index (χ0v) is 8.67. The lowest BCUT2D eigenvalue weighted by Gasteiger charge is -2.24. The Morgan fingerprint density at radius 2 is 2.43 bits per heavy atom. The third kappa shape index (κ3) is 1.59. The normalized spacial score (nSPS) is 16.1. The highest BCUT2D eigenvalue weighted by Crippen LogP contribution is 2.21. The fourth-order valence-electron chi connectivity index (χ4n) is 1.65. The van der Waals surface area contributed by atoms with Gasteiger partial charge in [0.25, 0.3) is 0 Å². The molecule has 4 heteroatoms. The number of fused-ring (bicyclic) bond motifs is 1. The molecule has 0 saturated carbocycles. The molecule has 0 radical (unpaired) electrons. The van der Waals surface area contributed by atoms with Gasteiger partial charge in [0, 0.05) is 13.1 Å². The van der Waals surface area contributed by atoms with Gasteiger partial charge in [-0.05, 0) is 25.1 Å². The maximum Gasteiger partial charge on any atom is 0.147 e. The molecular formula is C10H10ClN3. The van der Waals surface area contributed by atoms with Gasteiger partial charge in [0.1, 0.15) is 11.2 Å². The first-order valence-corrected chi connectivity index (χ1v) is 4.85. The monoisotopic (exact) mass is 207 g/mol. The minimum Gasteiger partial charge on any atom is -0.300 e. The van der Waals surface area contributed by atoms with E-state index in [9.17, 15) is 0 Å². The molecule has 0 aliphatic carbocycles. The molecule has 3 nitrogen and oxygen atoms in total. The Kier molecular flexibility index (Phi) is 2.40. The van der Waals surface area contributed by atoms with E-state index in [2.05, 4.69) is 16.9 Å². The number of hydrogen-bond acceptors (Lipinski definition) is 3. The molecule has 0 spiro atoms. The van der Waals surface area contributed by atoms with Gasteiger partial charge >= 0.3 is 0 Å². The van der Waals surface area contributed by atoms with Crippen LogP contribution in [0.2, 0.25) is 5.15 Å². The molecule has 1 aliphatic heterocycles. The Balaban J connectivity index is 2.47. The number of halogens is 1. The largest absolute Gasteiger partial charge is 0.300 e. The maximum atomic E-state index is 8.79. The van der Waals surface area contributed by atoms with Crippen molar-refractivity contribution in [2.24, 2.45) is 0 Å². The summed E-state index contributed by atoms with van der Waals surface area (Å²) in [5.74, 6) is 0. The molecule has 1 aromatic rings. The molecule has 0 aromatic carbocycles. The van der Waals surface area contributed by atoms with E-state index in [4.69, 9.17) is 16.9 Å². The summed E-state index contributed by atoms with van der Waals surface area (Å²) in [6.07, 6.45) is 0.949. The van der Waals surface area contributed by atoms with Crippen molar-refractivity contribution in [3.8, 4) is 6.07 Å². The van der Waals surface area contributed by atoms with E-state index in [-0.39, 0.29) is 0 Å². The lowest BCUT2D eigenvalue weighted by Crippen LogP contribution is -2.27. The van der Waals surface area contributed by atoms with Crippen LogP contribution in [0.4, 0.5) is 0 Å². The van der Waals surface area contributed by atoms with Crippen LogP contribution in [0.5, 0.6) is 0 Å². The first-order chi connectivity index (χ1) is 6.70. The first-order valence-electron chi connectivity index (χ1n) is 4.47. The number of rotatable bonds is 0. The Bertz CT molecular complexity index is 409. The lowest BCUT2D eigenvalue weighted by atomic mass is 10.0. The molecular weight excluding hydrogens is 198 g/mol. The maximum absolute atomic E-state index is 8.79. The summed E-state index contributed by atoms with van der Waals surface area (Å²) >= 11 is 5.86. The van der Waals surface area contributed by atoms with E-state index in [0.29, 0.717) is 10.7 Å². The van der Waals surface area contributed by atoms with Crippen molar-refractivity contribution in [3.63, 3.8) is 0 Å². The standard InChI is InChI=1S/C10H10ClN3/c1-14-3-2-7-4-8(5-12)10(11)13-9(7)6-14/h4H,2-3,6H2,1H3. The van der Waals surface area contributed by atoms with Gasteiger partial charge in [-0.1, -0.05) is 11.6 Å². The molecule has 14 heavy (non-hydrogen) atoms. The predicted molar refractivity (Wildman–Crippen MR) is 54.0 cm³/mol. The van der Waals surface area contributed by atoms with Gasteiger partial charge in [-0.15, -0.1) is 0 Å². The predicted octanol–water partition coefficient (Wildman–Crippen LogP) is 1.59. The van der Waals surface area contributed by atoms with Crippen LogP contribution in [0.1, 0.15) is 16.8 Å². The second kappa shape index (κ2) is 3.56. The Morgan fingerprint density at radius 3 is 3.14 bits per heavy atom. The van der Waals surface area contributed by atoms with E-state index in [1.165, 1.54) is 0 Å². The molecule has 0 atom stereocenters. The second-order valence-corrected chi connectivity index (χ2v) is 3.89. The molecule has 0 fully saturated rings. The average Bonchev–Trinajstić information content (AvgIpc) is 2.16. The van der Waals surface area contributed by atoms with E-state index in [1.807, 2.05) is 12.1 Å². The van der Waals surface area contributed by atoms with Gasteiger partial charge < -0.3 is 4.90 Å². The van der Waals surface area contributed by atoms with Crippen molar-refractivity contribution in [1.29, 1.82) is 5.26 Å². The van der Waals surface area contributed by atoms with Gasteiger partial charge in [0.2, 0.25) is 0 Å². The highest BCUT2D eigenvalue weighted by Gasteiger charge is 2.16. The SMILES string of the molecule is CN1CCc2cc(C#N)c(Cl)nc2C1. The van der Waals surface area contributed by atoms with Crippen molar-refractivity contribution in [2.45, 2.75) is 13.0 Å². The third-order valence-corrected chi connectivity index (χ3v) is 2.74. The van der Waals surface area contributed by atoms with Gasteiger partial charge in [-0.2, -0.15) is 5.26 Å². The molecule has 2 heterocycles. The van der Waals surface area contributed by atoms with E-state index in [1.54, 1.807) is 0 Å². The van der Waals surface area contributed by atoms with Crippen LogP contribution in [-0.4, -0.2) is 23.5 Å². The van der Waals surface area contributed by atoms with Crippen LogP contribution in [0.3, 0.4) is 0 Å². The molecule has 1 aromatic heterocycles. The molecule has 0 amide bonds. The molecule has 0 saturated heterocycles. The zero-order chi connectivity index (χ0) is 10.1. The smallest absolute Gasteiger partial charge is 0.147 e. The minimum atomic E-state index is 0.321. The summed E-state index contributed by atoms with van der Waals surface area (Å²) in [6.45, 7) is 1.84. The van der Waals surface area contributed by atoms with Crippen LogP contribution >= 0.6 is 11.6 Å². The highest BCUT2D eigenvalue weighted by atomic mass is 35.5. The molecule has 0 unspecified atom stereocenters. The average molecular weight is 208 g/mol. The van der Waals surface area contributed by atoms with Crippen LogP contribution in [-0.2, 0) is 13.0 Å². The summed E-state index contributed by atoms with van der Waals surface area (Å²) in [5, 5.41) is 9.11. The minimum absolute atomic E-state index is 0.321. The molecule has 0 N–H and O–H groups in total. The number of nitriles is 1. The van der Waals surface area contributed by atoms with Gasteiger partial charge in [-0.3, -0.25) is 0 Å². The van der Waals surface area contributed by atoms with Crippen LogP contribution in [0, 0.1) is 11.3 Å². The van der Waals surface area contributed by atoms with Crippen LogP contribution in [0.25, 0.3) is 0 Å². The molecule has 2 rings (SSSR count). The fraction of sp³-hybridized carbons (Fsp3) is 0.400. The van der Waals surface area contributed by atoms with Crippen LogP contribution in [0.15, 0.2) is 6.07 Å². The number of pyridine rings is 1. The molecule has 0 bridgehead atoms. The summed E-state index contributed by atoms with van der Waals surface area (Å²) in [6, 6.07) is 3.91. The quantitative estimate of drug-likeness (QED) is 0.607. The topological polar surface area (TPSA) is 39.9 Å². The summed E-state index contributed by atoms with van der Waals surface area (Å²) in [4.78, 5) is 6.43. The van der Waals surface area contributed by atoms with Crippen molar-refractivity contribution in [2.75, 3.05) is 13.6 Å². The molecule has 72 valence electrons. The van der Waals surface area contributed by atoms with Gasteiger partial charge in [0.05, 0.1) is 11.3 Å². The van der Waals surface area contributed by atoms with Gasteiger partial charge in [-0.25, -0.2) is 4.98 Å². The van der Waals surface area contributed by atoms with Crippen molar-refractivity contribution >= 4 is 11.6 Å². The number of likely N-dealkylation sites (N-methyl/N-ethyl adjacent to an activating group) is 1.